The van der Waals surface area contributed by atoms with Gasteiger partial charge in [-0.15, -0.1) is 0 Å². The maximum absolute atomic E-state index is 11.1. The number of hydrogen-bond acceptors (Lipinski definition) is 3. The molecular formula is C14H12N2O2. The summed E-state index contributed by atoms with van der Waals surface area (Å²) in [5.41, 5.74) is 3.38. The first-order valence-corrected chi connectivity index (χ1v) is 5.64. The van der Waals surface area contributed by atoms with Crippen molar-refractivity contribution in [2.24, 2.45) is 0 Å². The summed E-state index contributed by atoms with van der Waals surface area (Å²) in [4.78, 5) is 15.3. The van der Waals surface area contributed by atoms with Crippen molar-refractivity contribution >= 4 is 22.8 Å². The molecule has 0 saturated heterocycles. The van der Waals surface area contributed by atoms with Gasteiger partial charge in [-0.1, -0.05) is 0 Å². The number of aryl methyl sites for hydroxylation is 1. The molecule has 3 rings (SSSR count). The summed E-state index contributed by atoms with van der Waals surface area (Å²) in [5.74, 6) is 0.764. The first-order valence-electron chi connectivity index (χ1n) is 5.64. The number of pyridine rings is 1. The number of aromatic nitrogens is 2. The third-order valence-electron chi connectivity index (χ3n) is 3.15. The predicted octanol–water partition coefficient (Wildman–Crippen LogP) is 2.62. The van der Waals surface area contributed by atoms with Crippen molar-refractivity contribution in [3.8, 4) is 5.75 Å². The second-order valence-electron chi connectivity index (χ2n) is 4.20. The summed E-state index contributed by atoms with van der Waals surface area (Å²) >= 11 is 0. The number of benzene rings is 1. The molecule has 0 spiro atoms. The van der Waals surface area contributed by atoms with E-state index in [9.17, 15) is 4.79 Å². The fourth-order valence-electron chi connectivity index (χ4n) is 2.26. The van der Waals surface area contributed by atoms with Gasteiger partial charge >= 0.3 is 0 Å². The highest BCUT2D eigenvalue weighted by molar-refractivity contribution is 5.89. The molecule has 0 aliphatic carbocycles. The summed E-state index contributed by atoms with van der Waals surface area (Å²) < 4.78 is 7.08. The molecule has 0 saturated carbocycles. The number of nitrogens with zero attached hydrogens (tertiary/aromatic N) is 2. The van der Waals surface area contributed by atoms with E-state index in [0.29, 0.717) is 5.69 Å². The zero-order chi connectivity index (χ0) is 12.7. The lowest BCUT2D eigenvalue weighted by molar-refractivity contribution is 0.111. The molecule has 0 amide bonds. The van der Waals surface area contributed by atoms with Gasteiger partial charge in [-0.25, -0.2) is 4.98 Å². The zero-order valence-corrected chi connectivity index (χ0v) is 10.2. The minimum atomic E-state index is 0.545. The lowest BCUT2D eigenvalue weighted by atomic mass is 10.1. The molecule has 18 heavy (non-hydrogen) atoms. The Morgan fingerprint density at radius 1 is 1.33 bits per heavy atom. The number of imidazole rings is 1. The Labute approximate surface area is 104 Å². The van der Waals surface area contributed by atoms with E-state index in [1.807, 2.05) is 35.6 Å². The molecule has 4 nitrogen and oxygen atoms in total. The van der Waals surface area contributed by atoms with E-state index in [-0.39, 0.29) is 0 Å². The number of carbonyl (C=O) groups is 1. The second-order valence-corrected chi connectivity index (χ2v) is 4.20. The summed E-state index contributed by atoms with van der Waals surface area (Å²) in [6.45, 7) is 2.03. The summed E-state index contributed by atoms with van der Waals surface area (Å²) in [5, 5.41) is 1.09. The monoisotopic (exact) mass is 240 g/mol. The van der Waals surface area contributed by atoms with Gasteiger partial charge in [0.05, 0.1) is 18.8 Å². The van der Waals surface area contributed by atoms with Crippen LogP contribution in [0.5, 0.6) is 5.75 Å². The van der Waals surface area contributed by atoms with Crippen LogP contribution in [0.25, 0.3) is 16.6 Å². The molecule has 0 bridgehead atoms. The van der Waals surface area contributed by atoms with E-state index in [1.54, 1.807) is 13.3 Å². The average molecular weight is 240 g/mol. The number of fused-ring (bicyclic) bond motifs is 3. The van der Waals surface area contributed by atoms with Crippen molar-refractivity contribution in [3.05, 3.63) is 41.7 Å². The molecular weight excluding hydrogens is 228 g/mol. The molecule has 0 N–H and O–H groups in total. The molecule has 0 unspecified atom stereocenters. The summed E-state index contributed by atoms with van der Waals surface area (Å²) in [6.07, 6.45) is 2.40. The SMILES string of the molecule is COc1ccc2c(C)cc3ncc(C=O)n3c2c1. The number of hydrogen-bond donors (Lipinski definition) is 0. The fraction of sp³-hybridized carbons (Fsp3) is 0.143. The average Bonchev–Trinajstić information content (AvgIpc) is 2.81. The molecule has 2 heterocycles. The third-order valence-corrected chi connectivity index (χ3v) is 3.15. The van der Waals surface area contributed by atoms with Gasteiger partial charge in [0.15, 0.2) is 6.29 Å². The van der Waals surface area contributed by atoms with Gasteiger partial charge in [0.25, 0.3) is 0 Å². The van der Waals surface area contributed by atoms with Gasteiger partial charge in [0, 0.05) is 11.5 Å². The van der Waals surface area contributed by atoms with Gasteiger partial charge < -0.3 is 4.74 Å². The van der Waals surface area contributed by atoms with Crippen LogP contribution in [0.4, 0.5) is 0 Å². The van der Waals surface area contributed by atoms with Crippen molar-refractivity contribution in [1.82, 2.24) is 9.38 Å². The second kappa shape index (κ2) is 3.84. The molecule has 0 radical (unpaired) electrons. The lowest BCUT2D eigenvalue weighted by Gasteiger charge is -2.08. The fourth-order valence-corrected chi connectivity index (χ4v) is 2.26. The van der Waals surface area contributed by atoms with Crippen molar-refractivity contribution in [2.75, 3.05) is 7.11 Å². The predicted molar refractivity (Wildman–Crippen MR) is 69.4 cm³/mol. The van der Waals surface area contributed by atoms with Crippen LogP contribution in [0.2, 0.25) is 0 Å². The maximum Gasteiger partial charge on any atom is 0.168 e. The van der Waals surface area contributed by atoms with E-state index in [1.165, 1.54) is 0 Å². The van der Waals surface area contributed by atoms with E-state index in [4.69, 9.17) is 4.74 Å². The van der Waals surface area contributed by atoms with Gasteiger partial charge in [-0.3, -0.25) is 9.20 Å². The summed E-state index contributed by atoms with van der Waals surface area (Å²) in [6, 6.07) is 7.81. The van der Waals surface area contributed by atoms with Crippen LogP contribution in [0, 0.1) is 6.92 Å². The molecule has 0 atom stereocenters. The largest absolute Gasteiger partial charge is 0.497 e. The Morgan fingerprint density at radius 2 is 2.17 bits per heavy atom. The summed E-state index contributed by atoms with van der Waals surface area (Å²) in [7, 11) is 1.63. The Morgan fingerprint density at radius 3 is 2.89 bits per heavy atom. The minimum absolute atomic E-state index is 0.545. The zero-order valence-electron chi connectivity index (χ0n) is 10.2. The van der Waals surface area contributed by atoms with Gasteiger partial charge in [0.2, 0.25) is 0 Å². The quantitative estimate of drug-likeness (QED) is 0.647. The van der Waals surface area contributed by atoms with Crippen LogP contribution in [-0.2, 0) is 0 Å². The minimum Gasteiger partial charge on any atom is -0.497 e. The highest BCUT2D eigenvalue weighted by Crippen LogP contribution is 2.26. The smallest absolute Gasteiger partial charge is 0.168 e. The molecule has 1 aromatic carbocycles. The first kappa shape index (κ1) is 10.8. The van der Waals surface area contributed by atoms with Gasteiger partial charge in [-0.2, -0.15) is 0 Å². The molecule has 4 heteroatoms. The lowest BCUT2D eigenvalue weighted by Crippen LogP contribution is -1.96. The number of rotatable bonds is 2. The Bertz CT molecular complexity index is 759. The van der Waals surface area contributed by atoms with Crippen LogP contribution in [0.1, 0.15) is 16.1 Å². The van der Waals surface area contributed by atoms with Gasteiger partial charge in [-0.05, 0) is 30.7 Å². The molecule has 3 aromatic rings. The number of ether oxygens (including phenoxy) is 1. The molecule has 0 fully saturated rings. The van der Waals surface area contributed by atoms with E-state index >= 15 is 0 Å². The Hall–Kier alpha value is -2.36. The highest BCUT2D eigenvalue weighted by atomic mass is 16.5. The topological polar surface area (TPSA) is 43.6 Å². The van der Waals surface area contributed by atoms with Crippen LogP contribution in [-0.4, -0.2) is 22.8 Å². The van der Waals surface area contributed by atoms with E-state index in [2.05, 4.69) is 4.98 Å². The molecule has 0 aliphatic heterocycles. The maximum atomic E-state index is 11.1. The standard InChI is InChI=1S/C14H12N2O2/c1-9-5-14-15-7-10(8-17)16(14)13-6-11(18-2)3-4-12(9)13/h3-8H,1-2H3. The number of carbonyl (C=O) groups excluding carboxylic acids is 1. The van der Waals surface area contributed by atoms with Crippen LogP contribution < -0.4 is 4.74 Å². The Kier molecular flexibility index (Phi) is 2.30. The van der Waals surface area contributed by atoms with Crippen LogP contribution >= 0.6 is 0 Å². The van der Waals surface area contributed by atoms with Crippen LogP contribution in [0.15, 0.2) is 30.5 Å². The molecule has 0 aliphatic rings. The van der Waals surface area contributed by atoms with Crippen molar-refractivity contribution in [2.45, 2.75) is 6.92 Å². The normalized spacial score (nSPS) is 11.0. The van der Waals surface area contributed by atoms with Crippen molar-refractivity contribution in [1.29, 1.82) is 0 Å². The highest BCUT2D eigenvalue weighted by Gasteiger charge is 2.09. The van der Waals surface area contributed by atoms with Crippen molar-refractivity contribution < 1.29 is 9.53 Å². The van der Waals surface area contributed by atoms with Crippen molar-refractivity contribution in [3.63, 3.8) is 0 Å². The van der Waals surface area contributed by atoms with Gasteiger partial charge in [0.1, 0.15) is 17.1 Å². The first-order chi connectivity index (χ1) is 8.74. The van der Waals surface area contributed by atoms with E-state index in [0.717, 1.165) is 34.1 Å². The van der Waals surface area contributed by atoms with Crippen LogP contribution in [0.3, 0.4) is 0 Å². The number of aldehydes is 1. The number of methoxy groups -OCH3 is 1. The third kappa shape index (κ3) is 1.39. The Balaban J connectivity index is 2.55. The van der Waals surface area contributed by atoms with E-state index < -0.39 is 0 Å². The molecule has 2 aromatic heterocycles. The molecule has 90 valence electrons.